The minimum atomic E-state index is 0.265. The maximum atomic E-state index is 5.74. The number of aryl methyl sites for hydroxylation is 1. The van der Waals surface area contributed by atoms with Gasteiger partial charge in [-0.3, -0.25) is 0 Å². The number of hydrogen-bond donors (Lipinski definition) is 0. The van der Waals surface area contributed by atoms with Crippen LogP contribution >= 0.6 is 0 Å². The molecule has 2 aromatic carbocycles. The third-order valence-corrected chi connectivity index (χ3v) is 3.42. The fourth-order valence-electron chi connectivity index (χ4n) is 2.19. The van der Waals surface area contributed by atoms with Crippen molar-refractivity contribution in [1.29, 1.82) is 0 Å². The molecular formula is C19H20N2O3. The van der Waals surface area contributed by atoms with Gasteiger partial charge in [0.15, 0.2) is 12.4 Å². The van der Waals surface area contributed by atoms with Gasteiger partial charge in [0.1, 0.15) is 18.1 Å². The Morgan fingerprint density at radius 1 is 0.875 bits per heavy atom. The third kappa shape index (κ3) is 4.59. The van der Waals surface area contributed by atoms with Gasteiger partial charge in [0, 0.05) is 6.42 Å². The van der Waals surface area contributed by atoms with Gasteiger partial charge in [-0.2, -0.15) is 4.98 Å². The predicted molar refractivity (Wildman–Crippen MR) is 89.8 cm³/mol. The normalized spacial score (nSPS) is 10.5. The van der Waals surface area contributed by atoms with E-state index in [9.17, 15) is 0 Å². The standard InChI is InChI=1S/C19H20N2O3/c1-2-6-18-20-19(24-21-18)14-23-17-11-9-16(10-12-17)22-13-15-7-4-3-5-8-15/h3-5,7-12H,2,6,13-14H2,1H3. The Morgan fingerprint density at radius 2 is 1.54 bits per heavy atom. The molecule has 0 saturated heterocycles. The molecule has 3 aromatic rings. The molecule has 0 atom stereocenters. The van der Waals surface area contributed by atoms with E-state index in [-0.39, 0.29) is 6.61 Å². The summed E-state index contributed by atoms with van der Waals surface area (Å²) in [5, 5.41) is 3.90. The highest BCUT2D eigenvalue weighted by Gasteiger charge is 2.06. The maximum Gasteiger partial charge on any atom is 0.264 e. The maximum absolute atomic E-state index is 5.74. The minimum Gasteiger partial charge on any atom is -0.489 e. The molecule has 0 aliphatic rings. The first-order valence-corrected chi connectivity index (χ1v) is 8.04. The Kier molecular flexibility index (Phi) is 5.45. The first-order chi connectivity index (χ1) is 11.8. The highest BCUT2D eigenvalue weighted by Crippen LogP contribution is 2.19. The van der Waals surface area contributed by atoms with Crippen LogP contribution in [-0.2, 0) is 19.6 Å². The molecule has 1 heterocycles. The minimum absolute atomic E-state index is 0.265. The Labute approximate surface area is 141 Å². The second kappa shape index (κ2) is 8.15. The molecule has 5 nitrogen and oxygen atoms in total. The number of nitrogens with zero attached hydrogens (tertiary/aromatic N) is 2. The van der Waals surface area contributed by atoms with E-state index in [1.54, 1.807) is 0 Å². The molecule has 0 spiro atoms. The van der Waals surface area contributed by atoms with E-state index in [4.69, 9.17) is 14.0 Å². The van der Waals surface area contributed by atoms with Gasteiger partial charge in [-0.05, 0) is 36.2 Å². The summed E-state index contributed by atoms with van der Waals surface area (Å²) in [6.07, 6.45) is 1.81. The molecule has 24 heavy (non-hydrogen) atoms. The van der Waals surface area contributed by atoms with Gasteiger partial charge in [0.25, 0.3) is 5.89 Å². The summed E-state index contributed by atoms with van der Waals surface area (Å²) in [4.78, 5) is 4.27. The van der Waals surface area contributed by atoms with Gasteiger partial charge in [0.2, 0.25) is 0 Å². The lowest BCUT2D eigenvalue weighted by Gasteiger charge is -2.07. The van der Waals surface area contributed by atoms with Crippen LogP contribution < -0.4 is 9.47 Å². The van der Waals surface area contributed by atoms with Gasteiger partial charge in [-0.25, -0.2) is 0 Å². The lowest BCUT2D eigenvalue weighted by Crippen LogP contribution is -1.97. The molecule has 5 heteroatoms. The second-order valence-electron chi connectivity index (χ2n) is 5.39. The van der Waals surface area contributed by atoms with Crippen LogP contribution in [0.4, 0.5) is 0 Å². The summed E-state index contributed by atoms with van der Waals surface area (Å²) in [6, 6.07) is 17.6. The van der Waals surface area contributed by atoms with Crippen LogP contribution in [0.25, 0.3) is 0 Å². The van der Waals surface area contributed by atoms with E-state index in [1.807, 2.05) is 54.6 Å². The van der Waals surface area contributed by atoms with Crippen molar-refractivity contribution in [2.75, 3.05) is 0 Å². The molecule has 0 N–H and O–H groups in total. The van der Waals surface area contributed by atoms with Crippen molar-refractivity contribution in [3.63, 3.8) is 0 Å². The van der Waals surface area contributed by atoms with Gasteiger partial charge < -0.3 is 14.0 Å². The van der Waals surface area contributed by atoms with Crippen molar-refractivity contribution < 1.29 is 14.0 Å². The predicted octanol–water partition coefficient (Wildman–Crippen LogP) is 4.18. The Morgan fingerprint density at radius 3 is 2.21 bits per heavy atom. The molecule has 0 radical (unpaired) electrons. The Bertz CT molecular complexity index is 739. The molecule has 0 bridgehead atoms. The fourth-order valence-corrected chi connectivity index (χ4v) is 2.19. The van der Waals surface area contributed by atoms with Crippen molar-refractivity contribution in [1.82, 2.24) is 10.1 Å². The average Bonchev–Trinajstić information content (AvgIpc) is 3.08. The van der Waals surface area contributed by atoms with Crippen LogP contribution in [0.2, 0.25) is 0 Å². The lowest BCUT2D eigenvalue weighted by molar-refractivity contribution is 0.242. The molecule has 0 aliphatic carbocycles. The van der Waals surface area contributed by atoms with Crippen LogP contribution in [0.1, 0.15) is 30.6 Å². The number of ether oxygens (including phenoxy) is 2. The largest absolute Gasteiger partial charge is 0.489 e. The monoisotopic (exact) mass is 324 g/mol. The van der Waals surface area contributed by atoms with Crippen LogP contribution in [-0.4, -0.2) is 10.1 Å². The van der Waals surface area contributed by atoms with E-state index >= 15 is 0 Å². The fraction of sp³-hybridized carbons (Fsp3) is 0.263. The number of benzene rings is 2. The zero-order chi connectivity index (χ0) is 16.6. The Balaban J connectivity index is 1.48. The van der Waals surface area contributed by atoms with Crippen molar-refractivity contribution in [3.05, 3.63) is 71.9 Å². The summed E-state index contributed by atoms with van der Waals surface area (Å²) in [5.74, 6) is 2.75. The molecule has 3 rings (SSSR count). The van der Waals surface area contributed by atoms with Gasteiger partial charge in [-0.1, -0.05) is 42.4 Å². The highest BCUT2D eigenvalue weighted by molar-refractivity contribution is 5.31. The van der Waals surface area contributed by atoms with E-state index in [0.29, 0.717) is 12.5 Å². The first kappa shape index (κ1) is 16.1. The van der Waals surface area contributed by atoms with Crippen LogP contribution in [0, 0.1) is 0 Å². The van der Waals surface area contributed by atoms with Crippen LogP contribution in [0.5, 0.6) is 11.5 Å². The molecule has 0 amide bonds. The molecular weight excluding hydrogens is 304 g/mol. The Hall–Kier alpha value is -2.82. The second-order valence-corrected chi connectivity index (χ2v) is 5.39. The zero-order valence-corrected chi connectivity index (χ0v) is 13.6. The van der Waals surface area contributed by atoms with Crippen molar-refractivity contribution >= 4 is 0 Å². The van der Waals surface area contributed by atoms with Crippen LogP contribution in [0.3, 0.4) is 0 Å². The van der Waals surface area contributed by atoms with E-state index < -0.39 is 0 Å². The van der Waals surface area contributed by atoms with E-state index in [0.717, 1.165) is 35.7 Å². The number of rotatable bonds is 8. The molecule has 124 valence electrons. The quantitative estimate of drug-likeness (QED) is 0.622. The smallest absolute Gasteiger partial charge is 0.264 e. The molecule has 1 aromatic heterocycles. The van der Waals surface area contributed by atoms with Gasteiger partial charge in [-0.15, -0.1) is 0 Å². The average molecular weight is 324 g/mol. The third-order valence-electron chi connectivity index (χ3n) is 3.42. The summed E-state index contributed by atoms with van der Waals surface area (Å²) < 4.78 is 16.5. The highest BCUT2D eigenvalue weighted by atomic mass is 16.5. The SMILES string of the molecule is CCCc1noc(COc2ccc(OCc3ccccc3)cc2)n1. The number of hydrogen-bond acceptors (Lipinski definition) is 5. The van der Waals surface area contributed by atoms with Crippen molar-refractivity contribution in [2.24, 2.45) is 0 Å². The van der Waals surface area contributed by atoms with Crippen molar-refractivity contribution in [3.8, 4) is 11.5 Å². The summed E-state index contributed by atoms with van der Waals surface area (Å²) in [6.45, 7) is 2.89. The van der Waals surface area contributed by atoms with E-state index in [1.165, 1.54) is 0 Å². The summed E-state index contributed by atoms with van der Waals surface area (Å²) >= 11 is 0. The lowest BCUT2D eigenvalue weighted by atomic mass is 10.2. The molecule has 0 unspecified atom stereocenters. The van der Waals surface area contributed by atoms with Crippen LogP contribution in [0.15, 0.2) is 59.1 Å². The van der Waals surface area contributed by atoms with Gasteiger partial charge in [0.05, 0.1) is 0 Å². The zero-order valence-electron chi connectivity index (χ0n) is 13.6. The van der Waals surface area contributed by atoms with Gasteiger partial charge >= 0.3 is 0 Å². The topological polar surface area (TPSA) is 57.4 Å². The van der Waals surface area contributed by atoms with E-state index in [2.05, 4.69) is 17.1 Å². The molecule has 0 fully saturated rings. The molecule has 0 aliphatic heterocycles. The molecule has 0 saturated carbocycles. The van der Waals surface area contributed by atoms with Crippen molar-refractivity contribution in [2.45, 2.75) is 33.0 Å². The number of aromatic nitrogens is 2. The first-order valence-electron chi connectivity index (χ1n) is 8.04. The summed E-state index contributed by atoms with van der Waals surface area (Å²) in [7, 11) is 0. The summed E-state index contributed by atoms with van der Waals surface area (Å²) in [5.41, 5.74) is 1.14.